The quantitative estimate of drug-likeness (QED) is 0.477. The van der Waals surface area contributed by atoms with E-state index in [9.17, 15) is 9.90 Å². The average molecular weight is 465 g/mol. The van der Waals surface area contributed by atoms with Crippen LogP contribution in [0.25, 0.3) is 22.3 Å². The summed E-state index contributed by atoms with van der Waals surface area (Å²) in [5.41, 5.74) is 9.98. The van der Waals surface area contributed by atoms with Gasteiger partial charge in [-0.1, -0.05) is 41.8 Å². The summed E-state index contributed by atoms with van der Waals surface area (Å²) in [4.78, 5) is 16.5. The van der Waals surface area contributed by atoms with Gasteiger partial charge in [0.25, 0.3) is 0 Å². The highest BCUT2D eigenvalue weighted by atomic mass is 32.2. The van der Waals surface area contributed by atoms with Gasteiger partial charge in [-0.25, -0.2) is 0 Å². The lowest BCUT2D eigenvalue weighted by molar-refractivity contribution is -0.136. The Morgan fingerprint density at radius 3 is 2.33 bits per heavy atom. The van der Waals surface area contributed by atoms with Crippen LogP contribution in [0.4, 0.5) is 5.69 Å². The Hall–Kier alpha value is -3.19. The first kappa shape index (κ1) is 23.0. The van der Waals surface area contributed by atoms with E-state index < -0.39 is 5.97 Å². The number of carboxylic acid groups (broad SMARTS) is 1. The molecule has 0 unspecified atom stereocenters. The average Bonchev–Trinajstić information content (AvgIpc) is 2.81. The number of fused-ring (bicyclic) bond motifs is 3. The third kappa shape index (κ3) is 3.91. The minimum atomic E-state index is -0.846. The molecule has 0 aliphatic carbocycles. The normalized spacial score (nSPS) is 12.2. The Morgan fingerprint density at radius 2 is 1.76 bits per heavy atom. The molecule has 1 N–H and O–H groups in total. The summed E-state index contributed by atoms with van der Waals surface area (Å²) in [7, 11) is 3.21. The highest BCUT2D eigenvalue weighted by molar-refractivity contribution is 7.99. The number of aromatic nitrogens is 1. The summed E-state index contributed by atoms with van der Waals surface area (Å²) < 4.78 is 13.4. The molecule has 3 aromatic rings. The number of ether oxygens (including phenoxy) is 2. The smallest absolute Gasteiger partial charge is 0.307 e. The first-order chi connectivity index (χ1) is 15.8. The van der Waals surface area contributed by atoms with Crippen molar-refractivity contribution in [1.29, 1.82) is 0 Å². The molecule has 0 amide bonds. The SMILES string of the molecule is COc1cc2c(c(OC)n1)-c1c(C)c(-c3ccc(C)cc3)c(CC(=O)O)c(C)c1N(SC)C2. The van der Waals surface area contributed by atoms with Gasteiger partial charge >= 0.3 is 5.97 Å². The van der Waals surface area contributed by atoms with E-state index in [-0.39, 0.29) is 6.42 Å². The number of aliphatic carboxylic acids is 1. The van der Waals surface area contributed by atoms with Crippen molar-refractivity contribution in [2.75, 3.05) is 24.8 Å². The molecular weight excluding hydrogens is 436 g/mol. The van der Waals surface area contributed by atoms with Crippen LogP contribution in [0.3, 0.4) is 0 Å². The summed E-state index contributed by atoms with van der Waals surface area (Å²) in [5, 5.41) is 9.76. The molecule has 0 saturated carbocycles. The zero-order valence-electron chi connectivity index (χ0n) is 19.8. The zero-order valence-corrected chi connectivity index (χ0v) is 20.6. The number of aryl methyl sites for hydroxylation is 1. The van der Waals surface area contributed by atoms with E-state index in [2.05, 4.69) is 40.5 Å². The van der Waals surface area contributed by atoms with Crippen LogP contribution in [0.2, 0.25) is 0 Å². The number of nitrogens with zero attached hydrogens (tertiary/aromatic N) is 2. The molecule has 6 nitrogen and oxygen atoms in total. The molecule has 0 spiro atoms. The first-order valence-electron chi connectivity index (χ1n) is 10.7. The lowest BCUT2D eigenvalue weighted by Gasteiger charge is -2.36. The molecule has 0 bridgehead atoms. The van der Waals surface area contributed by atoms with Crippen LogP contribution in [0.5, 0.6) is 11.8 Å². The van der Waals surface area contributed by atoms with Gasteiger partial charge in [-0.05, 0) is 54.2 Å². The Morgan fingerprint density at radius 1 is 1.06 bits per heavy atom. The van der Waals surface area contributed by atoms with Gasteiger partial charge in [-0.2, -0.15) is 4.98 Å². The second kappa shape index (κ2) is 8.98. The predicted molar refractivity (Wildman–Crippen MR) is 133 cm³/mol. The molecule has 33 heavy (non-hydrogen) atoms. The highest BCUT2D eigenvalue weighted by Gasteiger charge is 2.33. The fourth-order valence-corrected chi connectivity index (χ4v) is 5.41. The van der Waals surface area contributed by atoms with Crippen LogP contribution in [0.1, 0.15) is 27.8 Å². The number of rotatable bonds is 6. The van der Waals surface area contributed by atoms with Gasteiger partial charge in [0.15, 0.2) is 0 Å². The van der Waals surface area contributed by atoms with Crippen molar-refractivity contribution in [3.63, 3.8) is 0 Å². The van der Waals surface area contributed by atoms with Crippen molar-refractivity contribution in [1.82, 2.24) is 4.98 Å². The molecule has 0 radical (unpaired) electrons. The van der Waals surface area contributed by atoms with Crippen molar-refractivity contribution in [3.05, 3.63) is 58.1 Å². The van der Waals surface area contributed by atoms with E-state index in [0.29, 0.717) is 18.3 Å². The Bertz CT molecular complexity index is 1240. The summed E-state index contributed by atoms with van der Waals surface area (Å²) in [6.45, 7) is 6.76. The van der Waals surface area contributed by atoms with Crippen molar-refractivity contribution < 1.29 is 19.4 Å². The number of methoxy groups -OCH3 is 2. The topological polar surface area (TPSA) is 71.9 Å². The van der Waals surface area contributed by atoms with Crippen molar-refractivity contribution in [2.45, 2.75) is 33.7 Å². The van der Waals surface area contributed by atoms with E-state index in [4.69, 9.17) is 9.47 Å². The molecule has 0 atom stereocenters. The molecule has 1 aromatic heterocycles. The van der Waals surface area contributed by atoms with Gasteiger partial charge in [0.05, 0.1) is 38.4 Å². The second-order valence-electron chi connectivity index (χ2n) is 8.19. The number of anilines is 1. The summed E-state index contributed by atoms with van der Waals surface area (Å²) >= 11 is 1.62. The van der Waals surface area contributed by atoms with Gasteiger partial charge < -0.3 is 18.9 Å². The highest BCUT2D eigenvalue weighted by Crippen LogP contribution is 2.52. The minimum Gasteiger partial charge on any atom is -0.481 e. The van der Waals surface area contributed by atoms with Crippen molar-refractivity contribution >= 4 is 23.6 Å². The van der Waals surface area contributed by atoms with Crippen LogP contribution in [-0.2, 0) is 17.8 Å². The van der Waals surface area contributed by atoms with Gasteiger partial charge in [-0.15, -0.1) is 0 Å². The Labute approximate surface area is 198 Å². The number of carbonyl (C=O) groups is 1. The standard InChI is InChI=1S/C26H28N2O4S/c1-14-7-9-17(10-8-14)22-16(3)23-24-18(11-20(31-4)27-26(24)32-5)13-28(33-6)25(23)15(2)19(22)12-21(29)30/h7-11H,12-13H2,1-6H3,(H,29,30). The molecule has 4 rings (SSSR count). The molecule has 172 valence electrons. The van der Waals surface area contributed by atoms with E-state index in [0.717, 1.165) is 55.8 Å². The maximum Gasteiger partial charge on any atom is 0.307 e. The van der Waals surface area contributed by atoms with Crippen LogP contribution in [-0.4, -0.2) is 36.5 Å². The predicted octanol–water partition coefficient (Wildman–Crippen LogP) is 5.58. The summed E-state index contributed by atoms with van der Waals surface area (Å²) in [5.74, 6) is 0.169. The lowest BCUT2D eigenvalue weighted by atomic mass is 9.81. The van der Waals surface area contributed by atoms with Crippen LogP contribution >= 0.6 is 11.9 Å². The van der Waals surface area contributed by atoms with E-state index >= 15 is 0 Å². The van der Waals surface area contributed by atoms with Gasteiger partial charge in [-0.3, -0.25) is 4.79 Å². The maximum absolute atomic E-state index is 11.9. The summed E-state index contributed by atoms with van der Waals surface area (Å²) in [6.07, 6.45) is 1.99. The van der Waals surface area contributed by atoms with E-state index in [1.54, 1.807) is 26.2 Å². The van der Waals surface area contributed by atoms with E-state index in [1.165, 1.54) is 0 Å². The molecule has 1 aliphatic heterocycles. The zero-order chi connectivity index (χ0) is 23.9. The molecule has 0 saturated heterocycles. The van der Waals surface area contributed by atoms with Crippen LogP contribution in [0.15, 0.2) is 30.3 Å². The van der Waals surface area contributed by atoms with Crippen LogP contribution in [0, 0.1) is 20.8 Å². The molecule has 1 aliphatic rings. The fraction of sp³-hybridized carbons (Fsp3) is 0.308. The monoisotopic (exact) mass is 464 g/mol. The van der Waals surface area contributed by atoms with E-state index in [1.807, 2.05) is 26.2 Å². The summed E-state index contributed by atoms with van der Waals surface area (Å²) in [6, 6.07) is 10.2. The molecule has 7 heteroatoms. The number of benzene rings is 2. The van der Waals surface area contributed by atoms with Crippen LogP contribution < -0.4 is 13.8 Å². The molecule has 2 aromatic carbocycles. The van der Waals surface area contributed by atoms with Gasteiger partial charge in [0, 0.05) is 17.9 Å². The van der Waals surface area contributed by atoms with Gasteiger partial charge in [0.1, 0.15) is 0 Å². The lowest BCUT2D eigenvalue weighted by Crippen LogP contribution is -2.23. The number of pyridine rings is 1. The molecule has 2 heterocycles. The van der Waals surface area contributed by atoms with Crippen molar-refractivity contribution in [2.24, 2.45) is 0 Å². The second-order valence-corrected chi connectivity index (χ2v) is 9.00. The Balaban J connectivity index is 2.14. The molecule has 0 fully saturated rings. The largest absolute Gasteiger partial charge is 0.481 e. The minimum absolute atomic E-state index is 0.0454. The first-order valence-corrected chi connectivity index (χ1v) is 11.9. The Kier molecular flexibility index (Phi) is 6.26. The third-order valence-electron chi connectivity index (χ3n) is 6.25. The maximum atomic E-state index is 11.9. The number of hydrogen-bond donors (Lipinski definition) is 1. The number of carboxylic acids is 1. The number of hydrogen-bond acceptors (Lipinski definition) is 6. The van der Waals surface area contributed by atoms with Gasteiger partial charge in [0.2, 0.25) is 11.8 Å². The fourth-order valence-electron chi connectivity index (χ4n) is 4.73. The molecular formula is C26H28N2O4S. The van der Waals surface area contributed by atoms with Crippen molar-refractivity contribution in [3.8, 4) is 34.0 Å². The third-order valence-corrected chi connectivity index (χ3v) is 7.00.